The minimum atomic E-state index is -3.70. The zero-order chi connectivity index (χ0) is 28.3. The molecule has 0 saturated carbocycles. The molecule has 12 heteroatoms. The Morgan fingerprint density at radius 1 is 1.02 bits per heavy atom. The van der Waals surface area contributed by atoms with E-state index >= 15 is 0 Å². The number of amides is 1. The maximum Gasteiger partial charge on any atom is 0.261 e. The first-order valence-corrected chi connectivity index (χ1v) is 15.5. The predicted octanol–water partition coefficient (Wildman–Crippen LogP) is 4.62. The average molecular weight is 600 g/mol. The van der Waals surface area contributed by atoms with E-state index in [1.54, 1.807) is 67.0 Å². The number of carbonyl (C=O) groups excluding carboxylic acids is 1. The van der Waals surface area contributed by atoms with E-state index in [1.807, 2.05) is 19.1 Å². The van der Waals surface area contributed by atoms with Crippen LogP contribution in [0, 0.1) is 6.92 Å². The Kier molecular flexibility index (Phi) is 8.46. The van der Waals surface area contributed by atoms with Gasteiger partial charge in [0.15, 0.2) is 10.9 Å². The molecule has 5 rings (SSSR count). The normalized spacial score (nSPS) is 14.3. The summed E-state index contributed by atoms with van der Waals surface area (Å²) in [6.45, 7) is 6.54. The number of aryl methyl sites for hydroxylation is 1. The predicted molar refractivity (Wildman–Crippen MR) is 161 cm³/mol. The minimum Gasteiger partial charge on any atom is -0.493 e. The second kappa shape index (κ2) is 12.0. The molecule has 0 atom stereocenters. The molecule has 2 N–H and O–H groups in total. The Balaban J connectivity index is 1.08. The molecular formula is C28H30ClN5O4S2. The topological polar surface area (TPSA) is 104 Å². The number of hydrogen-bond acceptors (Lipinski definition) is 8. The number of thiazole rings is 1. The Labute approximate surface area is 242 Å². The van der Waals surface area contributed by atoms with Crippen LogP contribution in [-0.2, 0) is 10.0 Å². The summed E-state index contributed by atoms with van der Waals surface area (Å²) in [4.78, 5) is 22.2. The highest BCUT2D eigenvalue weighted by Gasteiger charge is 2.21. The van der Waals surface area contributed by atoms with Gasteiger partial charge in [-0.1, -0.05) is 40.6 Å². The molecule has 4 aromatic rings. The molecule has 1 aromatic heterocycles. The van der Waals surface area contributed by atoms with Gasteiger partial charge in [0, 0.05) is 50.5 Å². The highest BCUT2D eigenvalue weighted by atomic mass is 35.5. The summed E-state index contributed by atoms with van der Waals surface area (Å²) in [7, 11) is -2.10. The van der Waals surface area contributed by atoms with Gasteiger partial charge in [0.2, 0.25) is 0 Å². The molecule has 3 aromatic carbocycles. The molecule has 1 amide bonds. The number of benzene rings is 3. The summed E-state index contributed by atoms with van der Waals surface area (Å²) in [6.07, 6.45) is 0. The second-order valence-electron chi connectivity index (χ2n) is 9.50. The quantitative estimate of drug-likeness (QED) is 0.289. The first-order chi connectivity index (χ1) is 19.2. The number of nitrogens with zero attached hydrogens (tertiary/aromatic N) is 3. The molecule has 0 radical (unpaired) electrons. The van der Waals surface area contributed by atoms with Gasteiger partial charge in [-0.25, -0.2) is 13.4 Å². The standard InChI is InChI=1S/C28H30ClN5O4S2/c1-19-3-9-22(10-4-19)40(36,37)32-21-7-5-20(6-8-21)27(35)30-13-14-33-15-17-34(18-16-33)28-31-25-24(39-28)12-11-23(29)26(25)38-2/h3-12,32H,13-18H2,1-2H3,(H,30,35). The molecule has 2 heterocycles. The maximum atomic E-state index is 12.6. The van der Waals surface area contributed by atoms with E-state index in [0.717, 1.165) is 53.6 Å². The summed E-state index contributed by atoms with van der Waals surface area (Å²) in [6, 6.07) is 16.8. The third-order valence-corrected chi connectivity index (χ3v) is 9.52. The first kappa shape index (κ1) is 28.2. The van der Waals surface area contributed by atoms with Crippen molar-refractivity contribution in [1.29, 1.82) is 0 Å². The largest absolute Gasteiger partial charge is 0.493 e. The number of sulfonamides is 1. The van der Waals surface area contributed by atoms with E-state index in [-0.39, 0.29) is 10.8 Å². The van der Waals surface area contributed by atoms with Gasteiger partial charge in [-0.05, 0) is 55.5 Å². The number of nitrogens with one attached hydrogen (secondary N) is 2. The summed E-state index contributed by atoms with van der Waals surface area (Å²) >= 11 is 7.88. The van der Waals surface area contributed by atoms with Gasteiger partial charge in [0.25, 0.3) is 15.9 Å². The van der Waals surface area contributed by atoms with Crippen LogP contribution in [0.5, 0.6) is 5.75 Å². The maximum absolute atomic E-state index is 12.6. The van der Waals surface area contributed by atoms with Gasteiger partial charge in [0.05, 0.1) is 21.7 Å². The second-order valence-corrected chi connectivity index (χ2v) is 12.6. The van der Waals surface area contributed by atoms with Crippen molar-refractivity contribution < 1.29 is 17.9 Å². The number of hydrogen-bond donors (Lipinski definition) is 2. The van der Waals surface area contributed by atoms with Crippen molar-refractivity contribution in [3.63, 3.8) is 0 Å². The summed E-state index contributed by atoms with van der Waals surface area (Å²) < 4.78 is 34.2. The smallest absolute Gasteiger partial charge is 0.261 e. The van der Waals surface area contributed by atoms with Gasteiger partial charge in [-0.3, -0.25) is 14.4 Å². The van der Waals surface area contributed by atoms with Crippen LogP contribution in [0.4, 0.5) is 10.8 Å². The SMILES string of the molecule is COc1c(Cl)ccc2sc(N3CCN(CCNC(=O)c4ccc(NS(=O)(=O)c5ccc(C)cc5)cc4)CC3)nc12. The lowest BCUT2D eigenvalue weighted by Gasteiger charge is -2.34. The Hall–Kier alpha value is -3.38. The Morgan fingerprint density at radius 3 is 2.40 bits per heavy atom. The molecule has 1 aliphatic rings. The van der Waals surface area contributed by atoms with Crippen LogP contribution in [0.15, 0.2) is 65.6 Å². The fourth-order valence-corrected chi connectivity index (χ4v) is 6.78. The van der Waals surface area contributed by atoms with Gasteiger partial charge in [-0.2, -0.15) is 0 Å². The van der Waals surface area contributed by atoms with E-state index in [2.05, 4.69) is 19.8 Å². The number of fused-ring (bicyclic) bond motifs is 1. The van der Waals surface area contributed by atoms with Gasteiger partial charge in [-0.15, -0.1) is 0 Å². The van der Waals surface area contributed by atoms with Crippen molar-refractivity contribution in [2.45, 2.75) is 11.8 Å². The average Bonchev–Trinajstić information content (AvgIpc) is 3.38. The molecule has 1 aliphatic heterocycles. The lowest BCUT2D eigenvalue weighted by Crippen LogP contribution is -2.48. The molecule has 0 aliphatic carbocycles. The lowest BCUT2D eigenvalue weighted by molar-refractivity contribution is 0.0948. The van der Waals surface area contributed by atoms with Gasteiger partial charge in [0.1, 0.15) is 5.52 Å². The van der Waals surface area contributed by atoms with Crippen molar-refractivity contribution in [2.24, 2.45) is 0 Å². The summed E-state index contributed by atoms with van der Waals surface area (Å²) in [5.74, 6) is 0.405. The number of piperazine rings is 1. The van der Waals surface area contributed by atoms with Crippen molar-refractivity contribution in [3.05, 3.63) is 76.8 Å². The molecule has 40 heavy (non-hydrogen) atoms. The first-order valence-electron chi connectivity index (χ1n) is 12.8. The zero-order valence-electron chi connectivity index (χ0n) is 22.2. The van der Waals surface area contributed by atoms with E-state index in [0.29, 0.717) is 28.6 Å². The van der Waals surface area contributed by atoms with Crippen LogP contribution in [0.1, 0.15) is 15.9 Å². The number of ether oxygens (including phenoxy) is 1. The molecule has 0 bridgehead atoms. The van der Waals surface area contributed by atoms with Crippen LogP contribution in [0.3, 0.4) is 0 Å². The number of aromatic nitrogens is 1. The monoisotopic (exact) mass is 599 g/mol. The van der Waals surface area contributed by atoms with Crippen molar-refractivity contribution >= 4 is 59.9 Å². The number of carbonyl (C=O) groups is 1. The third-order valence-electron chi connectivity index (χ3n) is 6.75. The number of rotatable bonds is 9. The molecule has 0 spiro atoms. The van der Waals surface area contributed by atoms with Crippen LogP contribution >= 0.6 is 22.9 Å². The van der Waals surface area contributed by atoms with Crippen molar-refractivity contribution in [3.8, 4) is 5.75 Å². The molecule has 9 nitrogen and oxygen atoms in total. The Bertz CT molecular complexity index is 1600. The number of methoxy groups -OCH3 is 1. The van der Waals surface area contributed by atoms with Gasteiger partial charge < -0.3 is 15.0 Å². The van der Waals surface area contributed by atoms with E-state index in [1.165, 1.54) is 0 Å². The van der Waals surface area contributed by atoms with Crippen LogP contribution in [0.2, 0.25) is 5.02 Å². The van der Waals surface area contributed by atoms with Gasteiger partial charge >= 0.3 is 0 Å². The number of halogens is 1. The number of anilines is 2. The highest BCUT2D eigenvalue weighted by Crippen LogP contribution is 2.38. The van der Waals surface area contributed by atoms with Crippen LogP contribution in [0.25, 0.3) is 10.2 Å². The highest BCUT2D eigenvalue weighted by molar-refractivity contribution is 7.92. The molecule has 0 unspecified atom stereocenters. The van der Waals surface area contributed by atoms with Crippen molar-refractivity contribution in [1.82, 2.24) is 15.2 Å². The Morgan fingerprint density at radius 2 is 1.73 bits per heavy atom. The fraction of sp³-hybridized carbons (Fsp3) is 0.286. The fourth-order valence-electron chi connectivity index (χ4n) is 4.48. The molecule has 210 valence electrons. The lowest BCUT2D eigenvalue weighted by atomic mass is 10.2. The molecule has 1 saturated heterocycles. The summed E-state index contributed by atoms with van der Waals surface area (Å²) in [5, 5.41) is 4.46. The minimum absolute atomic E-state index is 0.186. The molecular weight excluding hydrogens is 570 g/mol. The third kappa shape index (κ3) is 6.33. The van der Waals surface area contributed by atoms with E-state index in [9.17, 15) is 13.2 Å². The van der Waals surface area contributed by atoms with Crippen molar-refractivity contribution in [2.75, 3.05) is 56.0 Å². The summed E-state index contributed by atoms with van der Waals surface area (Å²) in [5.41, 5.74) is 2.63. The zero-order valence-corrected chi connectivity index (χ0v) is 24.6. The van der Waals surface area contributed by atoms with Crippen LogP contribution in [-0.4, -0.2) is 70.6 Å². The van der Waals surface area contributed by atoms with E-state index < -0.39 is 10.0 Å². The molecule has 1 fully saturated rings. The van der Waals surface area contributed by atoms with Crippen LogP contribution < -0.4 is 19.7 Å². The van der Waals surface area contributed by atoms with E-state index in [4.69, 9.17) is 21.3 Å².